The zero-order valence-corrected chi connectivity index (χ0v) is 15.0. The first-order valence-corrected chi connectivity index (χ1v) is 9.05. The number of aromatic nitrogens is 1. The number of para-hydroxylation sites is 1. The van der Waals surface area contributed by atoms with Gasteiger partial charge in [-0.2, -0.15) is 5.26 Å². The highest BCUT2D eigenvalue weighted by molar-refractivity contribution is 7.19. The number of hydrogen-bond acceptors (Lipinski definition) is 6. The normalized spacial score (nSPS) is 15.1. The Morgan fingerprint density at radius 2 is 2.16 bits per heavy atom. The molecule has 2 aromatic rings. The van der Waals surface area contributed by atoms with E-state index in [0.717, 1.165) is 22.7 Å². The van der Waals surface area contributed by atoms with E-state index in [1.165, 1.54) is 11.3 Å². The van der Waals surface area contributed by atoms with Crippen molar-refractivity contribution in [3.63, 3.8) is 0 Å². The van der Waals surface area contributed by atoms with Crippen molar-refractivity contribution in [2.45, 2.75) is 44.8 Å². The van der Waals surface area contributed by atoms with Crippen molar-refractivity contribution >= 4 is 22.2 Å². The Bertz CT molecular complexity index is 805. The summed E-state index contributed by atoms with van der Waals surface area (Å²) in [5.74, 6) is 0.591. The zero-order valence-electron chi connectivity index (χ0n) is 14.2. The van der Waals surface area contributed by atoms with Gasteiger partial charge < -0.3 is 15.4 Å². The predicted octanol–water partition coefficient (Wildman–Crippen LogP) is 3.53. The van der Waals surface area contributed by atoms with E-state index in [9.17, 15) is 4.79 Å². The number of thiazole rings is 1. The Balaban J connectivity index is 1.77. The molecular formula is C18H20N4O2S. The van der Waals surface area contributed by atoms with Crippen molar-refractivity contribution in [3.8, 4) is 22.5 Å². The van der Waals surface area contributed by atoms with Crippen LogP contribution in [-0.2, 0) is 4.79 Å². The second kappa shape index (κ2) is 7.11. The number of carbonyl (C=O) groups is 1. The summed E-state index contributed by atoms with van der Waals surface area (Å²) in [5.41, 5.74) is 0.132. The Hall–Kier alpha value is -2.59. The third-order valence-corrected chi connectivity index (χ3v) is 5.11. The van der Waals surface area contributed by atoms with Crippen molar-refractivity contribution in [1.82, 2.24) is 10.3 Å². The first kappa shape index (κ1) is 17.2. The molecule has 1 aliphatic carbocycles. The number of anilines is 1. The van der Waals surface area contributed by atoms with Crippen LogP contribution < -0.4 is 15.4 Å². The quantitative estimate of drug-likeness (QED) is 0.611. The van der Waals surface area contributed by atoms with Crippen LogP contribution in [0.2, 0.25) is 0 Å². The van der Waals surface area contributed by atoms with E-state index in [1.54, 1.807) is 6.20 Å². The summed E-state index contributed by atoms with van der Waals surface area (Å²) >= 11 is 1.39. The summed E-state index contributed by atoms with van der Waals surface area (Å²) in [6.45, 7) is 3.95. The topological polar surface area (TPSA) is 87.0 Å². The number of amides is 1. The van der Waals surface area contributed by atoms with Gasteiger partial charge in [0.15, 0.2) is 6.19 Å². The van der Waals surface area contributed by atoms with E-state index in [1.807, 2.05) is 44.3 Å². The Morgan fingerprint density at radius 3 is 2.80 bits per heavy atom. The van der Waals surface area contributed by atoms with Gasteiger partial charge in [0.05, 0.1) is 17.9 Å². The summed E-state index contributed by atoms with van der Waals surface area (Å²) in [5, 5.41) is 15.8. The minimum absolute atomic E-state index is 0.0656. The number of nitriles is 1. The number of ether oxygens (including phenoxy) is 1. The Kier molecular flexibility index (Phi) is 4.91. The van der Waals surface area contributed by atoms with Gasteiger partial charge in [0.2, 0.25) is 0 Å². The highest BCUT2D eigenvalue weighted by Crippen LogP contribution is 2.37. The van der Waals surface area contributed by atoms with Gasteiger partial charge in [-0.15, -0.1) is 0 Å². The van der Waals surface area contributed by atoms with E-state index < -0.39 is 5.54 Å². The summed E-state index contributed by atoms with van der Waals surface area (Å²) in [6, 6.07) is 7.72. The van der Waals surface area contributed by atoms with Gasteiger partial charge in [0, 0.05) is 0 Å². The molecule has 2 N–H and O–H groups in total. The SMILES string of the molecule is CC(C)Oc1ccccc1-c1ncc(NC(=O)C2(NC#N)CCC2)s1. The Morgan fingerprint density at radius 1 is 1.40 bits per heavy atom. The van der Waals surface area contributed by atoms with Crippen molar-refractivity contribution < 1.29 is 9.53 Å². The maximum Gasteiger partial charge on any atom is 0.251 e. The molecule has 25 heavy (non-hydrogen) atoms. The van der Waals surface area contributed by atoms with Gasteiger partial charge in [0.1, 0.15) is 21.3 Å². The second-order valence-electron chi connectivity index (χ2n) is 6.32. The van der Waals surface area contributed by atoms with Gasteiger partial charge in [0.25, 0.3) is 5.91 Å². The van der Waals surface area contributed by atoms with Crippen molar-refractivity contribution in [3.05, 3.63) is 30.5 Å². The highest BCUT2D eigenvalue weighted by Gasteiger charge is 2.44. The van der Waals surface area contributed by atoms with Gasteiger partial charge in [-0.05, 0) is 45.2 Å². The largest absolute Gasteiger partial charge is 0.490 e. The number of rotatable bonds is 6. The summed E-state index contributed by atoms with van der Waals surface area (Å²) in [7, 11) is 0. The van der Waals surface area contributed by atoms with Crippen molar-refractivity contribution in [1.29, 1.82) is 5.26 Å². The van der Waals surface area contributed by atoms with Crippen LogP contribution in [0.1, 0.15) is 33.1 Å². The predicted molar refractivity (Wildman–Crippen MR) is 97.3 cm³/mol. The zero-order chi connectivity index (χ0) is 17.9. The summed E-state index contributed by atoms with van der Waals surface area (Å²) < 4.78 is 5.84. The third kappa shape index (κ3) is 3.59. The molecule has 1 amide bonds. The third-order valence-electron chi connectivity index (χ3n) is 4.16. The molecule has 130 valence electrons. The van der Waals surface area contributed by atoms with Crippen molar-refractivity contribution in [2.75, 3.05) is 5.32 Å². The molecule has 1 fully saturated rings. The van der Waals surface area contributed by atoms with E-state index in [-0.39, 0.29) is 12.0 Å². The number of hydrogen-bond donors (Lipinski definition) is 2. The number of benzene rings is 1. The smallest absolute Gasteiger partial charge is 0.251 e. The molecule has 0 unspecified atom stereocenters. The van der Waals surface area contributed by atoms with Crippen LogP contribution in [0.4, 0.5) is 5.00 Å². The molecule has 1 aromatic carbocycles. The lowest BCUT2D eigenvalue weighted by Gasteiger charge is -2.38. The van der Waals surface area contributed by atoms with E-state index in [0.29, 0.717) is 17.8 Å². The van der Waals surface area contributed by atoms with Crippen LogP contribution in [0, 0.1) is 11.5 Å². The number of nitrogens with one attached hydrogen (secondary N) is 2. The minimum Gasteiger partial charge on any atom is -0.490 e. The van der Waals surface area contributed by atoms with Crippen LogP contribution in [0.15, 0.2) is 30.5 Å². The lowest BCUT2D eigenvalue weighted by atomic mass is 9.76. The van der Waals surface area contributed by atoms with Crippen LogP contribution in [0.3, 0.4) is 0 Å². The average Bonchev–Trinajstić information content (AvgIpc) is 2.99. The lowest BCUT2D eigenvalue weighted by molar-refractivity contribution is -0.125. The molecule has 0 saturated heterocycles. The first-order valence-electron chi connectivity index (χ1n) is 8.24. The second-order valence-corrected chi connectivity index (χ2v) is 7.35. The molecule has 0 spiro atoms. The highest BCUT2D eigenvalue weighted by atomic mass is 32.1. The molecule has 0 radical (unpaired) electrons. The molecule has 0 aliphatic heterocycles. The van der Waals surface area contributed by atoms with Gasteiger partial charge >= 0.3 is 0 Å². The molecule has 1 aromatic heterocycles. The van der Waals surface area contributed by atoms with Crippen LogP contribution in [-0.4, -0.2) is 22.5 Å². The standard InChI is InChI=1S/C18H20N4O2S/c1-12(2)24-14-7-4-3-6-13(14)16-20-10-15(25-16)22-17(23)18(21-11-19)8-5-9-18/h3-4,6-7,10,12,21H,5,8-9H2,1-2H3,(H,22,23). The fourth-order valence-electron chi connectivity index (χ4n) is 2.73. The fraction of sp³-hybridized carbons (Fsp3) is 0.389. The van der Waals surface area contributed by atoms with Crippen molar-refractivity contribution in [2.24, 2.45) is 0 Å². The maximum absolute atomic E-state index is 12.5. The van der Waals surface area contributed by atoms with Gasteiger partial charge in [-0.25, -0.2) is 4.98 Å². The van der Waals surface area contributed by atoms with E-state index in [4.69, 9.17) is 10.00 Å². The molecule has 0 bridgehead atoms. The number of nitrogens with zero attached hydrogens (tertiary/aromatic N) is 2. The molecule has 6 nitrogen and oxygen atoms in total. The average molecular weight is 356 g/mol. The molecule has 7 heteroatoms. The van der Waals surface area contributed by atoms with Gasteiger partial charge in [-0.3, -0.25) is 4.79 Å². The van der Waals surface area contributed by atoms with Crippen LogP contribution >= 0.6 is 11.3 Å². The molecule has 3 rings (SSSR count). The molecule has 1 saturated carbocycles. The maximum atomic E-state index is 12.5. The molecule has 1 heterocycles. The lowest BCUT2D eigenvalue weighted by Crippen LogP contribution is -2.57. The van der Waals surface area contributed by atoms with E-state index in [2.05, 4.69) is 15.6 Å². The molecule has 0 atom stereocenters. The molecular weight excluding hydrogens is 336 g/mol. The summed E-state index contributed by atoms with van der Waals surface area (Å²) in [4.78, 5) is 16.9. The molecule has 1 aliphatic rings. The van der Waals surface area contributed by atoms with Gasteiger partial charge in [-0.1, -0.05) is 23.5 Å². The van der Waals surface area contributed by atoms with Crippen LogP contribution in [0.25, 0.3) is 10.6 Å². The fourth-order valence-corrected chi connectivity index (χ4v) is 3.58. The van der Waals surface area contributed by atoms with E-state index >= 15 is 0 Å². The Labute approximate surface area is 150 Å². The minimum atomic E-state index is -0.766. The monoisotopic (exact) mass is 356 g/mol. The first-order chi connectivity index (χ1) is 12.0. The summed E-state index contributed by atoms with van der Waals surface area (Å²) in [6.07, 6.45) is 5.88. The number of carbonyl (C=O) groups excluding carboxylic acids is 1. The van der Waals surface area contributed by atoms with Crippen LogP contribution in [0.5, 0.6) is 5.75 Å².